The van der Waals surface area contributed by atoms with Crippen molar-refractivity contribution < 1.29 is 27.2 Å². The Morgan fingerprint density at radius 1 is 1.24 bits per heavy atom. The van der Waals surface area contributed by atoms with E-state index in [9.17, 15) is 13.2 Å². The van der Waals surface area contributed by atoms with Gasteiger partial charge >= 0.3 is 6.18 Å². The predicted octanol–water partition coefficient (Wildman–Crippen LogP) is 2.95. The molecule has 8 heteroatoms. The van der Waals surface area contributed by atoms with Gasteiger partial charge in [-0.05, 0) is 12.1 Å². The fraction of sp³-hybridized carbons (Fsp3) is 0.231. The molecular formula is C13H9F3N2O3. The number of hydrogen-bond donors (Lipinski definition) is 1. The fourth-order valence-corrected chi connectivity index (χ4v) is 1.81. The molecule has 0 bridgehead atoms. The van der Waals surface area contributed by atoms with Crippen molar-refractivity contribution in [3.63, 3.8) is 0 Å². The molecule has 0 fully saturated rings. The Hall–Kier alpha value is -2.35. The summed E-state index contributed by atoms with van der Waals surface area (Å²) in [5.74, 6) is 0.0126. The van der Waals surface area contributed by atoms with Crippen LogP contribution in [0.1, 0.15) is 5.89 Å². The molecular weight excluding hydrogens is 289 g/mol. The summed E-state index contributed by atoms with van der Waals surface area (Å²) in [6, 6.07) is 8.83. The zero-order valence-electron chi connectivity index (χ0n) is 10.5. The van der Waals surface area contributed by atoms with Gasteiger partial charge in [-0.3, -0.25) is 0 Å². The van der Waals surface area contributed by atoms with Crippen molar-refractivity contribution in [2.45, 2.75) is 18.7 Å². The number of hydrogen-bond acceptors (Lipinski definition) is 5. The Morgan fingerprint density at radius 2 is 2.00 bits per heavy atom. The lowest BCUT2D eigenvalue weighted by Gasteiger charge is -2.11. The third-order valence-corrected chi connectivity index (χ3v) is 2.86. The number of alkyl halides is 3. The highest BCUT2D eigenvalue weighted by atomic mass is 19.4. The van der Waals surface area contributed by atoms with Gasteiger partial charge in [0.25, 0.3) is 0 Å². The first kappa shape index (κ1) is 13.6. The van der Waals surface area contributed by atoms with Crippen molar-refractivity contribution in [1.29, 1.82) is 0 Å². The summed E-state index contributed by atoms with van der Waals surface area (Å²) in [7, 11) is 0. The SMILES string of the molecule is OC(Cc1nc(-c2cc3ccccc3o2)no1)C(F)(F)F. The Morgan fingerprint density at radius 3 is 2.71 bits per heavy atom. The molecule has 2 heterocycles. The third-order valence-electron chi connectivity index (χ3n) is 2.86. The molecule has 3 rings (SSSR count). The van der Waals surface area contributed by atoms with Crippen molar-refractivity contribution in [2.75, 3.05) is 0 Å². The number of aliphatic hydroxyl groups is 1. The Bertz CT molecular complexity index is 730. The first-order chi connectivity index (χ1) is 9.93. The summed E-state index contributed by atoms with van der Waals surface area (Å²) in [5.41, 5.74) is 0.606. The highest BCUT2D eigenvalue weighted by Crippen LogP contribution is 2.27. The maximum absolute atomic E-state index is 12.2. The first-order valence-electron chi connectivity index (χ1n) is 6.00. The van der Waals surface area contributed by atoms with Gasteiger partial charge in [-0.15, -0.1) is 0 Å². The molecule has 110 valence electrons. The van der Waals surface area contributed by atoms with E-state index >= 15 is 0 Å². The van der Waals surface area contributed by atoms with Crippen LogP contribution in [0, 0.1) is 0 Å². The lowest BCUT2D eigenvalue weighted by atomic mass is 10.2. The lowest BCUT2D eigenvalue weighted by Crippen LogP contribution is -2.30. The summed E-state index contributed by atoms with van der Waals surface area (Å²) in [6.45, 7) is 0. The number of halogens is 3. The first-order valence-corrected chi connectivity index (χ1v) is 6.00. The molecule has 0 aliphatic rings. The van der Waals surface area contributed by atoms with Crippen LogP contribution in [0.2, 0.25) is 0 Å². The van der Waals surface area contributed by atoms with Gasteiger partial charge in [-0.2, -0.15) is 18.2 Å². The molecule has 1 unspecified atom stereocenters. The molecule has 1 aromatic carbocycles. The highest BCUT2D eigenvalue weighted by Gasteiger charge is 2.39. The second-order valence-electron chi connectivity index (χ2n) is 4.42. The van der Waals surface area contributed by atoms with E-state index in [-0.39, 0.29) is 17.5 Å². The maximum atomic E-state index is 12.2. The van der Waals surface area contributed by atoms with E-state index in [1.54, 1.807) is 18.2 Å². The minimum absolute atomic E-state index is 0.0376. The smallest absolute Gasteiger partial charge is 0.414 e. The van der Waals surface area contributed by atoms with Crippen molar-refractivity contribution in [3.05, 3.63) is 36.2 Å². The molecule has 0 saturated carbocycles. The monoisotopic (exact) mass is 298 g/mol. The zero-order chi connectivity index (χ0) is 15.0. The van der Waals surface area contributed by atoms with Crippen molar-refractivity contribution in [1.82, 2.24) is 10.1 Å². The largest absolute Gasteiger partial charge is 0.453 e. The minimum Gasteiger partial charge on any atom is -0.453 e. The molecule has 0 spiro atoms. The van der Waals surface area contributed by atoms with Crippen LogP contribution in [0.4, 0.5) is 13.2 Å². The summed E-state index contributed by atoms with van der Waals surface area (Å²) < 4.78 is 46.9. The van der Waals surface area contributed by atoms with E-state index in [1.165, 1.54) is 0 Å². The Labute approximate surface area is 116 Å². The molecule has 0 saturated heterocycles. The maximum Gasteiger partial charge on any atom is 0.414 e. The Balaban J connectivity index is 1.84. The van der Waals surface area contributed by atoms with Gasteiger partial charge in [-0.1, -0.05) is 23.4 Å². The summed E-state index contributed by atoms with van der Waals surface area (Å²) in [5, 5.41) is 13.3. The van der Waals surface area contributed by atoms with Crippen LogP contribution < -0.4 is 0 Å². The number of rotatable bonds is 3. The van der Waals surface area contributed by atoms with E-state index in [0.29, 0.717) is 5.58 Å². The molecule has 0 aliphatic heterocycles. The molecule has 21 heavy (non-hydrogen) atoms. The van der Waals surface area contributed by atoms with Crippen LogP contribution in [0.5, 0.6) is 0 Å². The van der Waals surface area contributed by atoms with Gasteiger partial charge in [0, 0.05) is 5.39 Å². The highest BCUT2D eigenvalue weighted by molar-refractivity contribution is 5.81. The van der Waals surface area contributed by atoms with Crippen LogP contribution in [-0.2, 0) is 6.42 Å². The number of benzene rings is 1. The zero-order valence-corrected chi connectivity index (χ0v) is 10.5. The molecule has 0 amide bonds. The van der Waals surface area contributed by atoms with Crippen LogP contribution in [0.3, 0.4) is 0 Å². The molecule has 2 aromatic heterocycles. The van der Waals surface area contributed by atoms with Crippen LogP contribution in [0.15, 0.2) is 39.3 Å². The van der Waals surface area contributed by atoms with Gasteiger partial charge in [0.1, 0.15) is 5.58 Å². The predicted molar refractivity (Wildman–Crippen MR) is 65.3 cm³/mol. The molecule has 3 aromatic rings. The third kappa shape index (κ3) is 2.75. The van der Waals surface area contributed by atoms with Crippen LogP contribution in [0.25, 0.3) is 22.6 Å². The van der Waals surface area contributed by atoms with E-state index < -0.39 is 18.7 Å². The summed E-state index contributed by atoms with van der Waals surface area (Å²) >= 11 is 0. The number of nitrogens with zero attached hydrogens (tertiary/aromatic N) is 2. The number of para-hydroxylation sites is 1. The number of aromatic nitrogens is 2. The number of aliphatic hydroxyl groups excluding tert-OH is 1. The number of fused-ring (bicyclic) bond motifs is 1. The molecule has 1 atom stereocenters. The minimum atomic E-state index is -4.73. The second kappa shape index (κ2) is 4.88. The van der Waals surface area contributed by atoms with Crippen molar-refractivity contribution >= 4 is 11.0 Å². The van der Waals surface area contributed by atoms with E-state index in [1.807, 2.05) is 12.1 Å². The average Bonchev–Trinajstić information content (AvgIpc) is 3.02. The van der Waals surface area contributed by atoms with Gasteiger partial charge in [-0.25, -0.2) is 0 Å². The average molecular weight is 298 g/mol. The van der Waals surface area contributed by atoms with Crippen LogP contribution in [-0.4, -0.2) is 27.5 Å². The summed E-state index contributed by atoms with van der Waals surface area (Å²) in [6.07, 6.45) is -8.06. The van der Waals surface area contributed by atoms with E-state index in [0.717, 1.165) is 5.39 Å². The van der Waals surface area contributed by atoms with Gasteiger partial charge in [0.2, 0.25) is 11.7 Å². The van der Waals surface area contributed by atoms with Gasteiger partial charge in [0.05, 0.1) is 6.42 Å². The van der Waals surface area contributed by atoms with Gasteiger partial charge in [0.15, 0.2) is 11.9 Å². The van der Waals surface area contributed by atoms with Crippen molar-refractivity contribution in [3.8, 4) is 11.6 Å². The Kier molecular flexibility index (Phi) is 3.17. The molecule has 0 aliphatic carbocycles. The van der Waals surface area contributed by atoms with E-state index in [2.05, 4.69) is 10.1 Å². The fourth-order valence-electron chi connectivity index (χ4n) is 1.81. The lowest BCUT2D eigenvalue weighted by molar-refractivity contribution is -0.204. The standard InChI is InChI=1S/C13H9F3N2O3/c14-13(15,16)10(19)6-11-17-12(18-21-11)9-5-7-3-1-2-4-8(7)20-9/h1-5,10,19H,6H2. The normalized spacial score (nSPS) is 13.7. The molecule has 0 radical (unpaired) electrons. The topological polar surface area (TPSA) is 72.3 Å². The van der Waals surface area contributed by atoms with Crippen molar-refractivity contribution in [2.24, 2.45) is 0 Å². The van der Waals surface area contributed by atoms with E-state index in [4.69, 9.17) is 14.0 Å². The molecule has 5 nitrogen and oxygen atoms in total. The van der Waals surface area contributed by atoms with Crippen LogP contribution >= 0.6 is 0 Å². The quantitative estimate of drug-likeness (QED) is 0.805. The second-order valence-corrected chi connectivity index (χ2v) is 4.42. The summed E-state index contributed by atoms with van der Waals surface area (Å²) in [4.78, 5) is 3.80. The van der Waals surface area contributed by atoms with Gasteiger partial charge < -0.3 is 14.0 Å². The number of furan rings is 1. The molecule has 1 N–H and O–H groups in total.